The fourth-order valence-corrected chi connectivity index (χ4v) is 4.63. The van der Waals surface area contributed by atoms with E-state index < -0.39 is 0 Å². The summed E-state index contributed by atoms with van der Waals surface area (Å²) in [6.45, 7) is 3.80. The first-order valence-corrected chi connectivity index (χ1v) is 11.5. The van der Waals surface area contributed by atoms with E-state index in [0.29, 0.717) is 30.2 Å². The van der Waals surface area contributed by atoms with Crippen LogP contribution in [0.3, 0.4) is 0 Å². The van der Waals surface area contributed by atoms with Crippen LogP contribution in [0.4, 0.5) is 0 Å². The number of rotatable bonds is 5. The van der Waals surface area contributed by atoms with Crippen molar-refractivity contribution in [2.45, 2.75) is 32.6 Å². The summed E-state index contributed by atoms with van der Waals surface area (Å²) >= 11 is 0. The lowest BCUT2D eigenvalue weighted by Crippen LogP contribution is -2.45. The number of piperidine rings is 1. The number of aryl methyl sites for hydroxylation is 2. The van der Waals surface area contributed by atoms with Crippen molar-refractivity contribution < 1.29 is 9.59 Å². The number of aromatic nitrogens is 3. The van der Waals surface area contributed by atoms with E-state index in [1.165, 1.54) is 12.8 Å². The van der Waals surface area contributed by atoms with Gasteiger partial charge in [-0.1, -0.05) is 30.3 Å². The standard InChI is InChI=1S/C25H29N5O2/c1-16-22-20(13-21(18-7-4-3-5-8-18)27-23(22)29(2)28-16)25(32)30-12-6-9-19(15-30)24(31)26-14-17-10-11-17/h3-5,7-8,13,17,19H,6,9-12,14-15H2,1-2H3,(H,26,31). The lowest BCUT2D eigenvalue weighted by molar-refractivity contribution is -0.126. The molecule has 1 N–H and O–H groups in total. The van der Waals surface area contributed by atoms with Gasteiger partial charge in [-0.3, -0.25) is 14.3 Å². The third-order valence-electron chi connectivity index (χ3n) is 6.61. The number of amides is 2. The van der Waals surface area contributed by atoms with Gasteiger partial charge >= 0.3 is 0 Å². The number of pyridine rings is 1. The molecule has 2 aliphatic rings. The number of nitrogens with zero attached hydrogens (tertiary/aromatic N) is 4. The highest BCUT2D eigenvalue weighted by Gasteiger charge is 2.31. The van der Waals surface area contributed by atoms with Gasteiger partial charge in [-0.15, -0.1) is 0 Å². The van der Waals surface area contributed by atoms with Gasteiger partial charge in [0.25, 0.3) is 5.91 Å². The predicted molar refractivity (Wildman–Crippen MR) is 123 cm³/mol. The number of carbonyl (C=O) groups excluding carboxylic acids is 2. The van der Waals surface area contributed by atoms with E-state index >= 15 is 0 Å². The second-order valence-corrected chi connectivity index (χ2v) is 9.11. The van der Waals surface area contributed by atoms with Gasteiger partial charge in [-0.25, -0.2) is 4.98 Å². The first kappa shape index (κ1) is 20.7. The quantitative estimate of drug-likeness (QED) is 0.672. The van der Waals surface area contributed by atoms with Crippen LogP contribution in [0.2, 0.25) is 0 Å². The van der Waals surface area contributed by atoms with Crippen LogP contribution in [-0.4, -0.2) is 51.1 Å². The lowest BCUT2D eigenvalue weighted by atomic mass is 9.95. The third-order valence-corrected chi connectivity index (χ3v) is 6.61. The molecule has 1 aromatic carbocycles. The van der Waals surface area contributed by atoms with E-state index in [0.717, 1.165) is 41.7 Å². The molecule has 3 heterocycles. The van der Waals surface area contributed by atoms with Crippen molar-refractivity contribution in [3.63, 3.8) is 0 Å². The zero-order chi connectivity index (χ0) is 22.2. The topological polar surface area (TPSA) is 80.1 Å². The normalized spacial score (nSPS) is 18.7. The maximum absolute atomic E-state index is 13.7. The molecule has 166 valence electrons. The van der Waals surface area contributed by atoms with Crippen LogP contribution in [0.25, 0.3) is 22.3 Å². The molecule has 32 heavy (non-hydrogen) atoms. The molecule has 0 spiro atoms. The lowest BCUT2D eigenvalue weighted by Gasteiger charge is -2.32. The molecule has 1 unspecified atom stereocenters. The summed E-state index contributed by atoms with van der Waals surface area (Å²) in [5.74, 6) is 0.532. The Morgan fingerprint density at radius 1 is 1.16 bits per heavy atom. The molecule has 5 rings (SSSR count). The number of fused-ring (bicyclic) bond motifs is 1. The maximum Gasteiger partial charge on any atom is 0.254 e. The van der Waals surface area contributed by atoms with Crippen molar-refractivity contribution >= 4 is 22.8 Å². The summed E-state index contributed by atoms with van der Waals surface area (Å²) in [7, 11) is 1.85. The summed E-state index contributed by atoms with van der Waals surface area (Å²) in [5.41, 5.74) is 3.80. The summed E-state index contributed by atoms with van der Waals surface area (Å²) in [6.07, 6.45) is 4.08. The summed E-state index contributed by atoms with van der Waals surface area (Å²) in [6, 6.07) is 11.8. The fourth-order valence-electron chi connectivity index (χ4n) is 4.63. The first-order valence-electron chi connectivity index (χ1n) is 11.5. The molecule has 2 aromatic heterocycles. The summed E-state index contributed by atoms with van der Waals surface area (Å²) in [4.78, 5) is 33.0. The number of nitrogens with one attached hydrogen (secondary N) is 1. The van der Waals surface area contributed by atoms with Crippen LogP contribution in [-0.2, 0) is 11.8 Å². The average Bonchev–Trinajstić information content (AvgIpc) is 3.61. The van der Waals surface area contributed by atoms with Crippen LogP contribution in [0.15, 0.2) is 36.4 Å². The molecule has 1 saturated carbocycles. The van der Waals surface area contributed by atoms with E-state index in [1.807, 2.05) is 55.3 Å². The van der Waals surface area contributed by atoms with Crippen molar-refractivity contribution in [1.82, 2.24) is 25.0 Å². The second-order valence-electron chi connectivity index (χ2n) is 9.11. The molecule has 1 aliphatic carbocycles. The molecule has 2 amide bonds. The monoisotopic (exact) mass is 431 g/mol. The molecule has 7 nitrogen and oxygen atoms in total. The summed E-state index contributed by atoms with van der Waals surface area (Å²) < 4.78 is 1.73. The van der Waals surface area contributed by atoms with Crippen LogP contribution >= 0.6 is 0 Å². The maximum atomic E-state index is 13.7. The molecule has 1 atom stereocenters. The van der Waals surface area contributed by atoms with Crippen molar-refractivity contribution in [3.05, 3.63) is 47.7 Å². The Morgan fingerprint density at radius 2 is 1.94 bits per heavy atom. The third kappa shape index (κ3) is 3.99. The van der Waals surface area contributed by atoms with Crippen molar-refractivity contribution in [1.29, 1.82) is 0 Å². The molecule has 1 saturated heterocycles. The molecule has 1 aliphatic heterocycles. The van der Waals surface area contributed by atoms with Gasteiger partial charge in [0.1, 0.15) is 0 Å². The minimum Gasteiger partial charge on any atom is -0.356 e. The molecule has 0 radical (unpaired) electrons. The predicted octanol–water partition coefficient (Wildman–Crippen LogP) is 3.32. The smallest absolute Gasteiger partial charge is 0.254 e. The molecule has 0 bridgehead atoms. The summed E-state index contributed by atoms with van der Waals surface area (Å²) in [5, 5.41) is 8.40. The number of hydrogen-bond acceptors (Lipinski definition) is 4. The Kier molecular flexibility index (Phi) is 5.41. The largest absolute Gasteiger partial charge is 0.356 e. The van der Waals surface area contributed by atoms with Crippen molar-refractivity contribution in [2.75, 3.05) is 19.6 Å². The SMILES string of the molecule is Cc1nn(C)c2nc(-c3ccccc3)cc(C(=O)N3CCCC(C(=O)NCC4CC4)C3)c12. The second kappa shape index (κ2) is 8.37. The zero-order valence-electron chi connectivity index (χ0n) is 18.7. The van der Waals surface area contributed by atoms with Crippen LogP contribution in [0.5, 0.6) is 0 Å². The zero-order valence-corrected chi connectivity index (χ0v) is 18.7. The van der Waals surface area contributed by atoms with Gasteiger partial charge in [-0.05, 0) is 44.6 Å². The highest BCUT2D eigenvalue weighted by atomic mass is 16.2. The van der Waals surface area contributed by atoms with E-state index in [-0.39, 0.29) is 17.7 Å². The Hall–Kier alpha value is -3.22. The van der Waals surface area contributed by atoms with Gasteiger partial charge in [0, 0.05) is 32.2 Å². The first-order chi connectivity index (χ1) is 15.5. The van der Waals surface area contributed by atoms with Gasteiger partial charge < -0.3 is 10.2 Å². The van der Waals surface area contributed by atoms with Crippen LogP contribution < -0.4 is 5.32 Å². The average molecular weight is 432 g/mol. The Balaban J connectivity index is 1.46. The van der Waals surface area contributed by atoms with Crippen molar-refractivity contribution in [3.8, 4) is 11.3 Å². The Bertz CT molecular complexity index is 1170. The van der Waals surface area contributed by atoms with Gasteiger partial charge in [-0.2, -0.15) is 5.10 Å². The number of benzene rings is 1. The van der Waals surface area contributed by atoms with Crippen LogP contribution in [0, 0.1) is 18.8 Å². The number of likely N-dealkylation sites (tertiary alicyclic amines) is 1. The molecule has 7 heteroatoms. The highest BCUT2D eigenvalue weighted by Crippen LogP contribution is 2.30. The highest BCUT2D eigenvalue weighted by molar-refractivity contribution is 6.07. The fraction of sp³-hybridized carbons (Fsp3) is 0.440. The van der Waals surface area contributed by atoms with E-state index in [9.17, 15) is 9.59 Å². The van der Waals surface area contributed by atoms with Crippen molar-refractivity contribution in [2.24, 2.45) is 18.9 Å². The minimum absolute atomic E-state index is 0.0506. The van der Waals surface area contributed by atoms with E-state index in [4.69, 9.17) is 4.98 Å². The molecular formula is C25H29N5O2. The van der Waals surface area contributed by atoms with Crippen LogP contribution in [0.1, 0.15) is 41.7 Å². The number of hydrogen-bond donors (Lipinski definition) is 1. The minimum atomic E-state index is -0.146. The Labute approximate surface area is 187 Å². The van der Waals surface area contributed by atoms with Gasteiger partial charge in [0.2, 0.25) is 5.91 Å². The Morgan fingerprint density at radius 3 is 2.69 bits per heavy atom. The molecule has 3 aromatic rings. The number of carbonyl (C=O) groups is 2. The van der Waals surface area contributed by atoms with E-state index in [2.05, 4.69) is 10.4 Å². The molecule has 2 fully saturated rings. The molecular weight excluding hydrogens is 402 g/mol. The van der Waals surface area contributed by atoms with E-state index in [1.54, 1.807) is 4.68 Å². The van der Waals surface area contributed by atoms with Gasteiger partial charge in [0.15, 0.2) is 5.65 Å². The van der Waals surface area contributed by atoms with Gasteiger partial charge in [0.05, 0.1) is 28.3 Å².